The van der Waals surface area contributed by atoms with Crippen molar-refractivity contribution in [2.75, 3.05) is 30.3 Å². The van der Waals surface area contributed by atoms with Crippen LogP contribution in [0.2, 0.25) is 5.02 Å². The van der Waals surface area contributed by atoms with E-state index in [-0.39, 0.29) is 54.3 Å². The molecule has 4 aliphatic rings. The number of benzene rings is 3. The number of hydrogen-bond acceptors (Lipinski definition) is 11. The van der Waals surface area contributed by atoms with E-state index in [0.29, 0.717) is 60.6 Å². The average Bonchev–Trinajstić information content (AvgIpc) is 3.62. The van der Waals surface area contributed by atoms with Gasteiger partial charge in [-0.15, -0.1) is 0 Å². The minimum atomic E-state index is -0.663. The van der Waals surface area contributed by atoms with E-state index in [0.717, 1.165) is 55.3 Å². The van der Waals surface area contributed by atoms with Gasteiger partial charge in [-0.25, -0.2) is 9.78 Å². The number of primary amides is 1. The number of halogens is 1. The summed E-state index contributed by atoms with van der Waals surface area (Å²) in [5.41, 5.74) is 10.4. The lowest BCUT2D eigenvalue weighted by Gasteiger charge is -2.35. The third-order valence-corrected chi connectivity index (χ3v) is 12.7. The van der Waals surface area contributed by atoms with Crippen LogP contribution in [0, 0.1) is 11.8 Å². The standard InChI is InChI=1S/C47H51ClN10O6/c48-38-26-51-46(56-43(38)54-39-7-2-1-6-37(39)42(49)61)52-33-11-9-29(10-12-33)30-20-22-57(23-21-30)47(64)53-34-15-13-32(14-16-34)50-25-35(59)5-3-4-28-8-17-36-31(24-28)27-58(45(36)63)40-18-19-41(60)55-44(40)62/h1-2,6-12,17,24,26,30,32,34-35,40,50,59H,5,13-16,18-23,25,27H2,(H2,49,61)(H,53,64)(H,55,60,62)(H2,51,52,54,56). The first-order chi connectivity index (χ1) is 31.0. The second kappa shape index (κ2) is 19.9. The Balaban J connectivity index is 0.721. The first-order valence-electron chi connectivity index (χ1n) is 21.8. The van der Waals surface area contributed by atoms with Crippen molar-refractivity contribution >= 4 is 64.4 Å². The Labute approximate surface area is 376 Å². The zero-order valence-corrected chi connectivity index (χ0v) is 36.0. The molecule has 4 aromatic rings. The van der Waals surface area contributed by atoms with Crippen LogP contribution in [0.25, 0.3) is 0 Å². The van der Waals surface area contributed by atoms with Crippen LogP contribution >= 0.6 is 11.6 Å². The fourth-order valence-electron chi connectivity index (χ4n) is 8.84. The summed E-state index contributed by atoms with van der Waals surface area (Å²) in [6.07, 6.45) is 6.88. The summed E-state index contributed by atoms with van der Waals surface area (Å²) < 4.78 is 0. The van der Waals surface area contributed by atoms with Crippen molar-refractivity contribution in [3.8, 4) is 11.8 Å². The van der Waals surface area contributed by atoms with Crippen molar-refractivity contribution in [1.29, 1.82) is 0 Å². The van der Waals surface area contributed by atoms with E-state index >= 15 is 0 Å². The number of amides is 6. The minimum Gasteiger partial charge on any atom is -0.391 e. The summed E-state index contributed by atoms with van der Waals surface area (Å²) in [6.45, 7) is 2.05. The summed E-state index contributed by atoms with van der Waals surface area (Å²) in [5.74, 6) is 5.59. The van der Waals surface area contributed by atoms with Gasteiger partial charge in [-0.2, -0.15) is 4.98 Å². The van der Waals surface area contributed by atoms with E-state index in [2.05, 4.69) is 60.5 Å². The van der Waals surface area contributed by atoms with E-state index in [1.807, 2.05) is 23.1 Å². The molecule has 16 nitrogen and oxygen atoms in total. The highest BCUT2D eigenvalue weighted by atomic mass is 35.5. The van der Waals surface area contributed by atoms with Crippen molar-refractivity contribution in [3.63, 3.8) is 0 Å². The Kier molecular flexibility index (Phi) is 13.7. The molecule has 332 valence electrons. The lowest BCUT2D eigenvalue weighted by Crippen LogP contribution is -2.52. The first kappa shape index (κ1) is 44.1. The molecule has 0 radical (unpaired) electrons. The van der Waals surface area contributed by atoms with Crippen LogP contribution in [0.3, 0.4) is 0 Å². The molecule has 4 heterocycles. The highest BCUT2D eigenvalue weighted by Gasteiger charge is 2.39. The Morgan fingerprint density at radius 1 is 0.938 bits per heavy atom. The summed E-state index contributed by atoms with van der Waals surface area (Å²) in [7, 11) is 0. The van der Waals surface area contributed by atoms with Gasteiger partial charge in [0.1, 0.15) is 11.1 Å². The molecule has 64 heavy (non-hydrogen) atoms. The normalized spacial score (nSPS) is 20.4. The number of nitrogens with zero attached hydrogens (tertiary/aromatic N) is 4. The molecule has 2 saturated heterocycles. The topological polar surface area (TPSA) is 224 Å². The van der Waals surface area contributed by atoms with Crippen LogP contribution in [0.4, 0.5) is 27.9 Å². The predicted octanol–water partition coefficient (Wildman–Crippen LogP) is 5.07. The molecule has 1 saturated carbocycles. The van der Waals surface area contributed by atoms with Gasteiger partial charge in [0.25, 0.3) is 11.8 Å². The van der Waals surface area contributed by atoms with Crippen molar-refractivity contribution in [1.82, 2.24) is 35.7 Å². The quantitative estimate of drug-likeness (QED) is 0.0735. The molecule has 0 spiro atoms. The van der Waals surface area contributed by atoms with Gasteiger partial charge in [0.05, 0.1) is 23.6 Å². The number of nitrogens with one attached hydrogen (secondary N) is 5. The van der Waals surface area contributed by atoms with Gasteiger partial charge in [0, 0.05) is 67.9 Å². The molecule has 8 rings (SSSR count). The maximum Gasteiger partial charge on any atom is 0.317 e. The van der Waals surface area contributed by atoms with Crippen molar-refractivity contribution in [3.05, 3.63) is 106 Å². The molecule has 17 heteroatoms. The number of aliphatic hydroxyl groups excluding tert-OH is 1. The van der Waals surface area contributed by atoms with E-state index in [4.69, 9.17) is 17.3 Å². The third kappa shape index (κ3) is 10.6. The SMILES string of the molecule is NC(=O)c1ccccc1Nc1nc(Nc2ccc(C3CCN(C(=O)NC4CCC(NCC(O)CC#Cc5ccc6c(c5)CN(C5CCC(=O)NC5=O)C6=O)CC4)CC3)cc2)ncc1Cl. The first-order valence-corrected chi connectivity index (χ1v) is 22.1. The van der Waals surface area contributed by atoms with Crippen LogP contribution in [0.5, 0.6) is 0 Å². The largest absolute Gasteiger partial charge is 0.391 e. The second-order valence-electron chi connectivity index (χ2n) is 16.8. The third-order valence-electron chi connectivity index (χ3n) is 12.4. The number of fused-ring (bicyclic) bond motifs is 1. The van der Waals surface area contributed by atoms with Crippen LogP contribution in [0.15, 0.2) is 72.9 Å². The number of imide groups is 1. The molecular formula is C47H51ClN10O6. The fourth-order valence-corrected chi connectivity index (χ4v) is 8.98. The van der Waals surface area contributed by atoms with Gasteiger partial charge >= 0.3 is 6.03 Å². The highest BCUT2D eigenvalue weighted by Crippen LogP contribution is 2.32. The van der Waals surface area contributed by atoms with Gasteiger partial charge in [0.2, 0.25) is 17.8 Å². The number of aliphatic hydroxyl groups is 1. The summed E-state index contributed by atoms with van der Waals surface area (Å²) in [5, 5.41) is 26.3. The van der Waals surface area contributed by atoms with Gasteiger partial charge < -0.3 is 41.9 Å². The molecule has 3 aliphatic heterocycles. The zero-order valence-electron chi connectivity index (χ0n) is 35.2. The molecule has 3 fully saturated rings. The number of carbonyl (C=O) groups is 5. The number of para-hydroxylation sites is 1. The maximum atomic E-state index is 13.3. The monoisotopic (exact) mass is 886 g/mol. The van der Waals surface area contributed by atoms with E-state index < -0.39 is 24.0 Å². The fraction of sp³-hybridized carbons (Fsp3) is 0.383. The molecule has 6 amide bonds. The number of nitrogens with two attached hydrogens (primary N) is 1. The number of aromatic nitrogens is 2. The number of piperidine rings is 2. The second-order valence-corrected chi connectivity index (χ2v) is 17.2. The van der Waals surface area contributed by atoms with E-state index in [9.17, 15) is 29.1 Å². The molecule has 2 atom stereocenters. The Morgan fingerprint density at radius 2 is 1.69 bits per heavy atom. The zero-order chi connectivity index (χ0) is 44.7. The summed E-state index contributed by atoms with van der Waals surface area (Å²) in [6, 6.07) is 20.0. The van der Waals surface area contributed by atoms with Crippen molar-refractivity contribution in [2.45, 2.75) is 94.5 Å². The molecular weight excluding hydrogens is 836 g/mol. The van der Waals surface area contributed by atoms with Crippen LogP contribution in [-0.4, -0.2) is 98.4 Å². The summed E-state index contributed by atoms with van der Waals surface area (Å²) >= 11 is 6.36. The number of urea groups is 1. The Hall–Kier alpha value is -6.54. The van der Waals surface area contributed by atoms with Crippen molar-refractivity contribution < 1.29 is 29.1 Å². The molecule has 2 unspecified atom stereocenters. The van der Waals surface area contributed by atoms with E-state index in [1.165, 1.54) is 16.7 Å². The highest BCUT2D eigenvalue weighted by molar-refractivity contribution is 6.33. The molecule has 1 aromatic heterocycles. The average molecular weight is 887 g/mol. The summed E-state index contributed by atoms with van der Waals surface area (Å²) in [4.78, 5) is 74.2. The maximum absolute atomic E-state index is 13.3. The number of rotatable bonds is 12. The lowest BCUT2D eigenvalue weighted by molar-refractivity contribution is -0.136. The van der Waals surface area contributed by atoms with Crippen molar-refractivity contribution in [2.24, 2.45) is 5.73 Å². The molecule has 8 N–H and O–H groups in total. The van der Waals surface area contributed by atoms with Gasteiger partial charge in [-0.1, -0.05) is 47.7 Å². The minimum absolute atomic E-state index is 0.0139. The lowest BCUT2D eigenvalue weighted by atomic mass is 9.89. The Morgan fingerprint density at radius 3 is 2.44 bits per heavy atom. The number of carbonyl (C=O) groups excluding carboxylic acids is 5. The number of anilines is 4. The molecule has 0 bridgehead atoms. The Bertz CT molecular complexity index is 2480. The number of likely N-dealkylation sites (tertiary alicyclic amines) is 1. The van der Waals surface area contributed by atoms with Gasteiger partial charge in [0.15, 0.2) is 5.82 Å². The molecule has 1 aliphatic carbocycles. The predicted molar refractivity (Wildman–Crippen MR) is 241 cm³/mol. The molecule has 3 aromatic carbocycles. The van der Waals surface area contributed by atoms with Crippen LogP contribution < -0.4 is 32.3 Å². The smallest absolute Gasteiger partial charge is 0.317 e. The van der Waals surface area contributed by atoms with Gasteiger partial charge in [-0.05, 0) is 104 Å². The number of hydrogen-bond donors (Lipinski definition) is 7. The van der Waals surface area contributed by atoms with Crippen LogP contribution in [-0.2, 0) is 16.1 Å². The van der Waals surface area contributed by atoms with Crippen LogP contribution in [0.1, 0.15) is 101 Å². The van der Waals surface area contributed by atoms with Gasteiger partial charge in [-0.3, -0.25) is 24.5 Å². The van der Waals surface area contributed by atoms with E-state index in [1.54, 1.807) is 36.4 Å².